The van der Waals surface area contributed by atoms with Gasteiger partial charge in [-0.05, 0) is 49.4 Å². The zero-order valence-electron chi connectivity index (χ0n) is 20.1. The highest BCUT2D eigenvalue weighted by atomic mass is 16.5. The summed E-state index contributed by atoms with van der Waals surface area (Å²) < 4.78 is 9.63. The van der Waals surface area contributed by atoms with Crippen LogP contribution in [0.2, 0.25) is 0 Å². The van der Waals surface area contributed by atoms with Crippen molar-refractivity contribution >= 4 is 28.0 Å². The van der Waals surface area contributed by atoms with Crippen molar-refractivity contribution in [2.45, 2.75) is 25.8 Å². The van der Waals surface area contributed by atoms with E-state index in [9.17, 15) is 9.90 Å². The van der Waals surface area contributed by atoms with Gasteiger partial charge in [0, 0.05) is 37.4 Å². The van der Waals surface area contributed by atoms with E-state index >= 15 is 0 Å². The van der Waals surface area contributed by atoms with Crippen LogP contribution in [-0.2, 0) is 11.8 Å². The fraction of sp³-hybridized carbons (Fsp3) is 0.296. The standard InChI is InChI=1S/C27H26N6O3/c1-16-24(32(2)31-30-16)19-14-22-23(28-15-19)20-8-9-21(27(34)35)29-26(20)33(22)25(17-6-4-3-5-7-17)18-10-12-36-13-11-18/h3-9,14-15,18,25H,10-13H2,1-2H3,(H,34,35). The average molecular weight is 483 g/mol. The molecular formula is C27H26N6O3. The van der Waals surface area contributed by atoms with Crippen LogP contribution in [-0.4, -0.2) is 53.8 Å². The normalized spacial score (nSPS) is 15.5. The number of carbonyl (C=O) groups is 1. The highest BCUT2D eigenvalue weighted by molar-refractivity contribution is 6.06. The number of aryl methyl sites for hydroxylation is 2. The molecule has 5 heterocycles. The van der Waals surface area contributed by atoms with Gasteiger partial charge < -0.3 is 14.4 Å². The number of nitrogens with zero attached hydrogens (tertiary/aromatic N) is 6. The number of benzene rings is 1. The molecule has 1 unspecified atom stereocenters. The maximum atomic E-state index is 11.9. The predicted octanol–water partition coefficient (Wildman–Crippen LogP) is 4.40. The maximum absolute atomic E-state index is 11.9. The van der Waals surface area contributed by atoms with E-state index in [1.54, 1.807) is 10.7 Å². The zero-order valence-corrected chi connectivity index (χ0v) is 20.1. The van der Waals surface area contributed by atoms with Crippen LogP contribution in [0, 0.1) is 12.8 Å². The SMILES string of the molecule is Cc1nnn(C)c1-c1cnc2c3ccc(C(=O)O)nc3n(C(c3ccccc3)C3CCOCC3)c2c1. The molecule has 0 saturated carbocycles. The molecule has 9 heteroatoms. The number of carboxylic acid groups (broad SMARTS) is 1. The third-order valence-electron chi connectivity index (χ3n) is 7.11. The van der Waals surface area contributed by atoms with Crippen LogP contribution in [0.5, 0.6) is 0 Å². The number of hydrogen-bond donors (Lipinski definition) is 1. The van der Waals surface area contributed by atoms with Crippen molar-refractivity contribution < 1.29 is 14.6 Å². The first kappa shape index (κ1) is 22.4. The highest BCUT2D eigenvalue weighted by Crippen LogP contribution is 2.40. The van der Waals surface area contributed by atoms with Gasteiger partial charge >= 0.3 is 5.97 Å². The van der Waals surface area contributed by atoms with Gasteiger partial charge in [0.25, 0.3) is 0 Å². The Hall–Kier alpha value is -4.11. The molecule has 0 radical (unpaired) electrons. The smallest absolute Gasteiger partial charge is 0.354 e. The molecule has 1 fully saturated rings. The molecule has 1 aliphatic rings. The Bertz CT molecular complexity index is 1560. The number of hydrogen-bond acceptors (Lipinski definition) is 6. The summed E-state index contributed by atoms with van der Waals surface area (Å²) in [5.74, 6) is -0.764. The van der Waals surface area contributed by atoms with E-state index in [0.717, 1.165) is 51.8 Å². The molecule has 1 aromatic carbocycles. The van der Waals surface area contributed by atoms with Gasteiger partial charge in [-0.25, -0.2) is 14.5 Å². The van der Waals surface area contributed by atoms with Gasteiger partial charge in [0.2, 0.25) is 0 Å². The van der Waals surface area contributed by atoms with Gasteiger partial charge in [0.15, 0.2) is 5.69 Å². The van der Waals surface area contributed by atoms with Crippen molar-refractivity contribution in [1.29, 1.82) is 0 Å². The van der Waals surface area contributed by atoms with Gasteiger partial charge in [-0.2, -0.15) is 0 Å². The van der Waals surface area contributed by atoms with E-state index in [-0.39, 0.29) is 11.7 Å². The lowest BCUT2D eigenvalue weighted by Crippen LogP contribution is -2.27. The molecule has 0 bridgehead atoms. The molecule has 0 aliphatic carbocycles. The fourth-order valence-electron chi connectivity index (χ4n) is 5.48. The molecule has 5 aromatic rings. The highest BCUT2D eigenvalue weighted by Gasteiger charge is 2.31. The molecule has 1 atom stereocenters. The summed E-state index contributed by atoms with van der Waals surface area (Å²) in [5, 5.41) is 18.9. The van der Waals surface area contributed by atoms with Crippen molar-refractivity contribution in [1.82, 2.24) is 29.5 Å². The summed E-state index contributed by atoms with van der Waals surface area (Å²) >= 11 is 0. The molecule has 4 aromatic heterocycles. The molecule has 182 valence electrons. The molecule has 0 amide bonds. The summed E-state index contributed by atoms with van der Waals surface area (Å²) in [4.78, 5) is 21.4. The summed E-state index contributed by atoms with van der Waals surface area (Å²) in [5.41, 5.74) is 6.08. The Labute approximate surface area is 207 Å². The fourth-order valence-corrected chi connectivity index (χ4v) is 5.48. The van der Waals surface area contributed by atoms with Gasteiger partial charge in [0.1, 0.15) is 5.65 Å². The second-order valence-electron chi connectivity index (χ2n) is 9.29. The van der Waals surface area contributed by atoms with Crippen molar-refractivity contribution in [3.63, 3.8) is 0 Å². The Balaban J connectivity index is 1.69. The number of ether oxygens (including phenoxy) is 1. The van der Waals surface area contributed by atoms with Crippen molar-refractivity contribution in [3.05, 3.63) is 71.7 Å². The maximum Gasteiger partial charge on any atom is 0.354 e. The number of aromatic carboxylic acids is 1. The van der Waals surface area contributed by atoms with Crippen molar-refractivity contribution in [3.8, 4) is 11.3 Å². The van der Waals surface area contributed by atoms with E-state index in [2.05, 4.69) is 38.1 Å². The summed E-state index contributed by atoms with van der Waals surface area (Å²) in [6.45, 7) is 3.32. The number of aromatic nitrogens is 6. The van der Waals surface area contributed by atoms with Crippen LogP contribution in [0.3, 0.4) is 0 Å². The molecule has 36 heavy (non-hydrogen) atoms. The average Bonchev–Trinajstić information content (AvgIpc) is 3.41. The topological polar surface area (TPSA) is 108 Å². The third kappa shape index (κ3) is 3.63. The van der Waals surface area contributed by atoms with Crippen LogP contribution < -0.4 is 0 Å². The minimum Gasteiger partial charge on any atom is -0.477 e. The van der Waals surface area contributed by atoms with Crippen molar-refractivity contribution in [2.24, 2.45) is 13.0 Å². The lowest BCUT2D eigenvalue weighted by molar-refractivity contribution is 0.0552. The third-order valence-corrected chi connectivity index (χ3v) is 7.11. The largest absolute Gasteiger partial charge is 0.477 e. The first-order chi connectivity index (χ1) is 17.5. The lowest BCUT2D eigenvalue weighted by atomic mass is 9.86. The molecule has 1 N–H and O–H groups in total. The quantitative estimate of drug-likeness (QED) is 0.395. The van der Waals surface area contributed by atoms with E-state index in [4.69, 9.17) is 9.72 Å². The van der Waals surface area contributed by atoms with E-state index in [0.29, 0.717) is 24.8 Å². The minimum atomic E-state index is -1.05. The molecule has 6 rings (SSSR count). The number of fused-ring (bicyclic) bond motifs is 3. The monoisotopic (exact) mass is 482 g/mol. The Morgan fingerprint density at radius 3 is 2.61 bits per heavy atom. The number of pyridine rings is 2. The number of rotatable bonds is 5. The molecule has 1 aliphatic heterocycles. The Morgan fingerprint density at radius 1 is 1.14 bits per heavy atom. The van der Waals surface area contributed by atoms with Gasteiger partial charge in [-0.1, -0.05) is 35.5 Å². The minimum absolute atomic E-state index is 0.0113. The first-order valence-electron chi connectivity index (χ1n) is 12.1. The van der Waals surface area contributed by atoms with Crippen LogP contribution in [0.15, 0.2) is 54.7 Å². The molecule has 0 spiro atoms. The van der Waals surface area contributed by atoms with Gasteiger partial charge in [-0.15, -0.1) is 5.10 Å². The van der Waals surface area contributed by atoms with E-state index in [1.165, 1.54) is 0 Å². The zero-order chi connectivity index (χ0) is 24.8. The second-order valence-corrected chi connectivity index (χ2v) is 9.29. The first-order valence-corrected chi connectivity index (χ1v) is 12.1. The molecular weight excluding hydrogens is 456 g/mol. The van der Waals surface area contributed by atoms with E-state index in [1.807, 2.05) is 44.4 Å². The lowest BCUT2D eigenvalue weighted by Gasteiger charge is -2.32. The van der Waals surface area contributed by atoms with Crippen LogP contribution in [0.25, 0.3) is 33.3 Å². The Kier molecular flexibility index (Phi) is 5.49. The summed E-state index contributed by atoms with van der Waals surface area (Å²) in [6, 6.07) is 15.8. The molecule has 1 saturated heterocycles. The molecule has 9 nitrogen and oxygen atoms in total. The van der Waals surface area contributed by atoms with Gasteiger partial charge in [-0.3, -0.25) is 4.98 Å². The number of carboxylic acids is 1. The Morgan fingerprint density at radius 2 is 1.92 bits per heavy atom. The van der Waals surface area contributed by atoms with Gasteiger partial charge in [0.05, 0.1) is 28.5 Å². The van der Waals surface area contributed by atoms with Crippen LogP contribution in [0.1, 0.15) is 40.6 Å². The second kappa shape index (κ2) is 8.83. The summed E-state index contributed by atoms with van der Waals surface area (Å²) in [7, 11) is 1.87. The summed E-state index contributed by atoms with van der Waals surface area (Å²) in [6.07, 6.45) is 3.63. The van der Waals surface area contributed by atoms with E-state index < -0.39 is 5.97 Å². The predicted molar refractivity (Wildman–Crippen MR) is 135 cm³/mol. The van der Waals surface area contributed by atoms with Crippen LogP contribution in [0.4, 0.5) is 0 Å². The van der Waals surface area contributed by atoms with Crippen LogP contribution >= 0.6 is 0 Å². The van der Waals surface area contributed by atoms with Crippen molar-refractivity contribution in [2.75, 3.05) is 13.2 Å².